The van der Waals surface area contributed by atoms with Gasteiger partial charge in [-0.2, -0.15) is 0 Å². The van der Waals surface area contributed by atoms with Crippen molar-refractivity contribution in [2.75, 3.05) is 6.61 Å². The van der Waals surface area contributed by atoms with Crippen LogP contribution in [0.3, 0.4) is 0 Å². The number of halogens is 2. The summed E-state index contributed by atoms with van der Waals surface area (Å²) in [6.45, 7) is 1.67. The molecular formula is C14H14BrClN2O4S. The van der Waals surface area contributed by atoms with Gasteiger partial charge in [-0.1, -0.05) is 18.5 Å². The molecule has 0 spiro atoms. The van der Waals surface area contributed by atoms with Crippen LogP contribution < -0.4 is 0 Å². The zero-order chi connectivity index (χ0) is 17.2. The molecule has 1 atom stereocenters. The first-order chi connectivity index (χ1) is 10.7. The first-order valence-corrected chi connectivity index (χ1v) is 9.39. The predicted molar refractivity (Wildman–Crippen MR) is 89.2 cm³/mol. The first-order valence-electron chi connectivity index (χ1n) is 6.57. The van der Waals surface area contributed by atoms with E-state index in [9.17, 15) is 13.5 Å². The largest absolute Gasteiger partial charge is 0.506 e. The van der Waals surface area contributed by atoms with Gasteiger partial charge in [-0.3, -0.25) is 4.98 Å². The van der Waals surface area contributed by atoms with Crippen LogP contribution >= 0.6 is 27.5 Å². The Hall–Kier alpha value is -1.22. The van der Waals surface area contributed by atoms with Crippen LogP contribution in [0.25, 0.3) is 0 Å². The summed E-state index contributed by atoms with van der Waals surface area (Å²) in [7, 11) is -3.74. The van der Waals surface area contributed by atoms with Gasteiger partial charge in [-0.25, -0.2) is 13.4 Å². The Morgan fingerprint density at radius 3 is 2.57 bits per heavy atom. The highest BCUT2D eigenvalue weighted by Gasteiger charge is 2.21. The number of rotatable bonds is 5. The van der Waals surface area contributed by atoms with Gasteiger partial charge in [0.15, 0.2) is 9.84 Å². The molecule has 2 aromatic rings. The van der Waals surface area contributed by atoms with E-state index < -0.39 is 15.6 Å². The summed E-state index contributed by atoms with van der Waals surface area (Å²) < 4.78 is 25.2. The maximum atomic E-state index is 12.4. The molecule has 0 fully saturated rings. The van der Waals surface area contributed by atoms with Gasteiger partial charge in [0.2, 0.25) is 0 Å². The third-order valence-corrected chi connectivity index (χ3v) is 6.00. The van der Waals surface area contributed by atoms with E-state index in [1.54, 1.807) is 6.92 Å². The number of hydrogen-bond acceptors (Lipinski definition) is 6. The lowest BCUT2D eigenvalue weighted by molar-refractivity contribution is 0.272. The minimum Gasteiger partial charge on any atom is -0.506 e. The second-order valence-electron chi connectivity index (χ2n) is 5.02. The van der Waals surface area contributed by atoms with Crippen LogP contribution in [0.1, 0.15) is 24.1 Å². The fourth-order valence-corrected chi connectivity index (χ4v) is 3.68. The predicted octanol–water partition coefficient (Wildman–Crippen LogP) is 2.67. The molecule has 2 heterocycles. The number of sulfone groups is 1. The van der Waals surface area contributed by atoms with Gasteiger partial charge in [0, 0.05) is 24.9 Å². The van der Waals surface area contributed by atoms with Crippen LogP contribution in [0, 0.1) is 0 Å². The molecule has 0 saturated heterocycles. The Labute approximate surface area is 147 Å². The average Bonchev–Trinajstić information content (AvgIpc) is 2.51. The van der Waals surface area contributed by atoms with Crippen molar-refractivity contribution in [2.45, 2.75) is 23.5 Å². The number of aliphatic hydroxyl groups excluding tert-OH is 1. The third-order valence-electron chi connectivity index (χ3n) is 3.27. The van der Waals surface area contributed by atoms with E-state index in [4.69, 9.17) is 16.7 Å². The van der Waals surface area contributed by atoms with E-state index in [1.807, 2.05) is 0 Å². The molecule has 0 aromatic carbocycles. The highest BCUT2D eigenvalue weighted by atomic mass is 79.9. The van der Waals surface area contributed by atoms with Crippen molar-refractivity contribution in [3.05, 3.63) is 45.4 Å². The summed E-state index contributed by atoms with van der Waals surface area (Å²) in [6, 6.07) is 2.76. The number of pyridine rings is 2. The van der Waals surface area contributed by atoms with Crippen molar-refractivity contribution in [2.24, 2.45) is 0 Å². The highest BCUT2D eigenvalue weighted by Crippen LogP contribution is 2.27. The number of aliphatic hydroxyl groups is 1. The Balaban J connectivity index is 2.32. The maximum absolute atomic E-state index is 12.4. The summed E-state index contributed by atoms with van der Waals surface area (Å²) >= 11 is 8.88. The monoisotopic (exact) mass is 420 g/mol. The number of aromatic hydroxyl groups is 1. The lowest BCUT2D eigenvalue weighted by Gasteiger charge is -2.11. The van der Waals surface area contributed by atoms with E-state index in [-0.39, 0.29) is 34.0 Å². The van der Waals surface area contributed by atoms with Crippen molar-refractivity contribution >= 4 is 37.4 Å². The Morgan fingerprint density at radius 1 is 1.30 bits per heavy atom. The van der Waals surface area contributed by atoms with Crippen molar-refractivity contribution < 1.29 is 18.6 Å². The van der Waals surface area contributed by atoms with Crippen LogP contribution in [0.4, 0.5) is 0 Å². The Bertz CT molecular complexity index is 830. The molecule has 0 bridgehead atoms. The standard InChI is InChI=1S/C14H14BrClN2O4S/c1-8(6-19)9-2-13(20)12(17-4-9)7-23(21,22)10-3-11(15)14(16)18-5-10/h2-5,8,19-20H,6-7H2,1H3. The van der Waals surface area contributed by atoms with E-state index in [2.05, 4.69) is 25.9 Å². The van der Waals surface area contributed by atoms with Crippen LogP contribution in [0.5, 0.6) is 5.75 Å². The van der Waals surface area contributed by atoms with Gasteiger partial charge >= 0.3 is 0 Å². The lowest BCUT2D eigenvalue weighted by Crippen LogP contribution is -2.08. The molecule has 6 nitrogen and oxygen atoms in total. The van der Waals surface area contributed by atoms with Gasteiger partial charge in [0.05, 0.1) is 15.1 Å². The summed E-state index contributed by atoms with van der Waals surface area (Å²) in [5.41, 5.74) is 0.659. The summed E-state index contributed by atoms with van der Waals surface area (Å²) in [6.07, 6.45) is 2.60. The van der Waals surface area contributed by atoms with Gasteiger partial charge in [0.25, 0.3) is 0 Å². The van der Waals surface area contributed by atoms with Crippen molar-refractivity contribution in [1.82, 2.24) is 9.97 Å². The minimum atomic E-state index is -3.74. The molecule has 2 rings (SSSR count). The first kappa shape index (κ1) is 18.1. The molecule has 0 aliphatic heterocycles. The van der Waals surface area contributed by atoms with E-state index in [0.29, 0.717) is 10.0 Å². The zero-order valence-electron chi connectivity index (χ0n) is 12.1. The van der Waals surface area contributed by atoms with E-state index in [1.165, 1.54) is 18.3 Å². The molecule has 0 radical (unpaired) electrons. The third kappa shape index (κ3) is 4.20. The van der Waals surface area contributed by atoms with Crippen LogP contribution in [-0.4, -0.2) is 35.2 Å². The molecule has 124 valence electrons. The molecule has 0 aliphatic carbocycles. The van der Waals surface area contributed by atoms with Crippen molar-refractivity contribution in [3.63, 3.8) is 0 Å². The molecule has 23 heavy (non-hydrogen) atoms. The lowest BCUT2D eigenvalue weighted by atomic mass is 10.0. The minimum absolute atomic E-state index is 0.0252. The summed E-state index contributed by atoms with van der Waals surface area (Å²) in [4.78, 5) is 7.76. The SMILES string of the molecule is CC(CO)c1cnc(CS(=O)(=O)c2cnc(Cl)c(Br)c2)c(O)c1. The maximum Gasteiger partial charge on any atom is 0.185 e. The number of aromatic nitrogens is 2. The average molecular weight is 422 g/mol. The van der Waals surface area contributed by atoms with Crippen LogP contribution in [0.2, 0.25) is 5.15 Å². The van der Waals surface area contributed by atoms with Crippen molar-refractivity contribution in [1.29, 1.82) is 0 Å². The van der Waals surface area contributed by atoms with Gasteiger partial charge in [-0.15, -0.1) is 0 Å². The number of hydrogen-bond donors (Lipinski definition) is 2. The molecule has 1 unspecified atom stereocenters. The van der Waals surface area contributed by atoms with Crippen LogP contribution in [-0.2, 0) is 15.6 Å². The summed E-state index contributed by atoms with van der Waals surface area (Å²) in [5, 5.41) is 19.3. The molecular weight excluding hydrogens is 408 g/mol. The Morgan fingerprint density at radius 2 is 2.00 bits per heavy atom. The normalized spacial score (nSPS) is 13.0. The highest BCUT2D eigenvalue weighted by molar-refractivity contribution is 9.10. The smallest absolute Gasteiger partial charge is 0.185 e. The second kappa shape index (κ2) is 7.12. The number of nitrogens with zero attached hydrogens (tertiary/aromatic N) is 2. The van der Waals surface area contributed by atoms with Gasteiger partial charge < -0.3 is 10.2 Å². The zero-order valence-corrected chi connectivity index (χ0v) is 15.2. The molecule has 0 aliphatic rings. The molecule has 9 heteroatoms. The fourth-order valence-electron chi connectivity index (χ4n) is 1.82. The van der Waals surface area contributed by atoms with Crippen molar-refractivity contribution in [3.8, 4) is 5.75 Å². The molecule has 0 saturated carbocycles. The van der Waals surface area contributed by atoms with Crippen LogP contribution in [0.15, 0.2) is 33.9 Å². The quantitative estimate of drug-likeness (QED) is 0.720. The van der Waals surface area contributed by atoms with Gasteiger partial charge in [-0.05, 0) is 33.6 Å². The summed E-state index contributed by atoms with van der Waals surface area (Å²) in [5.74, 6) is -0.898. The Kier molecular flexibility index (Phi) is 5.61. The topological polar surface area (TPSA) is 100 Å². The molecule has 0 amide bonds. The van der Waals surface area contributed by atoms with E-state index in [0.717, 1.165) is 6.20 Å². The molecule has 2 aromatic heterocycles. The molecule has 2 N–H and O–H groups in total. The van der Waals surface area contributed by atoms with Gasteiger partial charge in [0.1, 0.15) is 16.7 Å². The fraction of sp³-hybridized carbons (Fsp3) is 0.286. The van der Waals surface area contributed by atoms with E-state index >= 15 is 0 Å². The second-order valence-corrected chi connectivity index (χ2v) is 8.22.